The summed E-state index contributed by atoms with van der Waals surface area (Å²) < 4.78 is 40.1. The van der Waals surface area contributed by atoms with Crippen molar-refractivity contribution in [1.82, 2.24) is 5.01 Å². The van der Waals surface area contributed by atoms with E-state index in [1.54, 1.807) is 32.9 Å². The van der Waals surface area contributed by atoms with Crippen LogP contribution in [0.2, 0.25) is 0 Å². The minimum atomic E-state index is -4.67. The first-order chi connectivity index (χ1) is 12.0. The molecule has 0 fully saturated rings. The molecule has 0 aromatic heterocycles. The van der Waals surface area contributed by atoms with E-state index >= 15 is 0 Å². The predicted molar refractivity (Wildman–Crippen MR) is 99.9 cm³/mol. The second-order valence-corrected chi connectivity index (χ2v) is 6.93. The number of hydrogen-bond donors (Lipinski definition) is 1. The first-order valence-electron chi connectivity index (χ1n) is 8.48. The fraction of sp³-hybridized carbons (Fsp3) is 0.500. The summed E-state index contributed by atoms with van der Waals surface area (Å²) in [4.78, 5) is 6.21. The van der Waals surface area contributed by atoms with Crippen LogP contribution in [0.1, 0.15) is 34.6 Å². The Morgan fingerprint density at radius 1 is 1.08 bits per heavy atom. The van der Waals surface area contributed by atoms with Crippen molar-refractivity contribution >= 4 is 28.6 Å². The maximum atomic E-state index is 13.4. The molecule has 0 saturated carbocycles. The highest BCUT2D eigenvalue weighted by Crippen LogP contribution is 2.29. The molecule has 26 heavy (non-hydrogen) atoms. The molecular formula is C18H24F3N5. The summed E-state index contributed by atoms with van der Waals surface area (Å²) in [5.41, 5.74) is -1.01. The van der Waals surface area contributed by atoms with Crippen molar-refractivity contribution in [1.29, 1.82) is 5.41 Å². The van der Waals surface area contributed by atoms with Crippen molar-refractivity contribution in [3.05, 3.63) is 24.3 Å². The first-order valence-corrected chi connectivity index (χ1v) is 8.48. The number of alkyl halides is 3. The summed E-state index contributed by atoms with van der Waals surface area (Å²) >= 11 is 0. The van der Waals surface area contributed by atoms with Crippen LogP contribution in [0, 0.1) is 5.41 Å². The van der Waals surface area contributed by atoms with Gasteiger partial charge in [0.25, 0.3) is 0 Å². The molecule has 0 bridgehead atoms. The van der Waals surface area contributed by atoms with E-state index in [1.165, 1.54) is 0 Å². The van der Waals surface area contributed by atoms with E-state index < -0.39 is 23.1 Å². The Morgan fingerprint density at radius 3 is 2.04 bits per heavy atom. The fourth-order valence-corrected chi connectivity index (χ4v) is 2.65. The largest absolute Gasteiger partial charge is 0.437 e. The zero-order chi connectivity index (χ0) is 19.7. The van der Waals surface area contributed by atoms with Gasteiger partial charge in [0.15, 0.2) is 11.5 Å². The van der Waals surface area contributed by atoms with E-state index in [4.69, 9.17) is 5.41 Å². The van der Waals surface area contributed by atoms with Crippen LogP contribution in [0.25, 0.3) is 0 Å². The third-order valence-electron chi connectivity index (χ3n) is 3.98. The van der Waals surface area contributed by atoms with E-state index in [-0.39, 0.29) is 5.84 Å². The number of hydrogen-bond acceptors (Lipinski definition) is 4. The molecule has 8 heteroatoms. The molecule has 1 aliphatic rings. The van der Waals surface area contributed by atoms with E-state index in [9.17, 15) is 13.2 Å². The van der Waals surface area contributed by atoms with E-state index in [0.717, 1.165) is 23.8 Å². The molecule has 1 aliphatic heterocycles. The zero-order valence-corrected chi connectivity index (χ0v) is 15.6. The number of amidine groups is 1. The lowest BCUT2D eigenvalue weighted by atomic mass is 10.1. The molecule has 2 rings (SSSR count). The van der Waals surface area contributed by atoms with Gasteiger partial charge >= 0.3 is 6.18 Å². The van der Waals surface area contributed by atoms with Gasteiger partial charge in [-0.05, 0) is 58.9 Å². The molecule has 142 valence electrons. The van der Waals surface area contributed by atoms with Gasteiger partial charge in [0.1, 0.15) is 5.71 Å². The van der Waals surface area contributed by atoms with Gasteiger partial charge < -0.3 is 4.90 Å². The molecule has 1 aromatic carbocycles. The maximum absolute atomic E-state index is 13.4. The summed E-state index contributed by atoms with van der Waals surface area (Å²) in [6.07, 6.45) is -4.67. The molecule has 1 heterocycles. The standard InChI is InChI=1S/C18H24F3N5/c1-6-25(7-2)13-10-8-12(9-11-13)23-14-15(18(19,20)21)24-26(16(14)22)17(3,4)5/h8-11,22H,6-7H2,1-5H3. The van der Waals surface area contributed by atoms with Crippen molar-refractivity contribution in [3.63, 3.8) is 0 Å². The number of benzene rings is 1. The number of halogens is 3. The minimum absolute atomic E-state index is 0.349. The van der Waals surface area contributed by atoms with Crippen molar-refractivity contribution in [3.8, 4) is 0 Å². The van der Waals surface area contributed by atoms with Gasteiger partial charge in [0.05, 0.1) is 11.2 Å². The van der Waals surface area contributed by atoms with E-state index in [2.05, 4.69) is 15.0 Å². The van der Waals surface area contributed by atoms with Gasteiger partial charge in [-0.2, -0.15) is 18.3 Å². The number of nitrogens with zero attached hydrogens (tertiary/aromatic N) is 4. The first kappa shape index (κ1) is 19.9. The van der Waals surface area contributed by atoms with Crippen LogP contribution in [-0.2, 0) is 0 Å². The van der Waals surface area contributed by atoms with Crippen LogP contribution < -0.4 is 4.90 Å². The quantitative estimate of drug-likeness (QED) is 0.844. The second-order valence-electron chi connectivity index (χ2n) is 6.93. The lowest BCUT2D eigenvalue weighted by Crippen LogP contribution is -2.41. The molecule has 0 amide bonds. The Kier molecular flexibility index (Phi) is 5.44. The number of aliphatic imine (C=N–C) groups is 1. The Balaban J connectivity index is 2.42. The topological polar surface area (TPSA) is 55.1 Å². The van der Waals surface area contributed by atoms with Crippen LogP contribution in [0.3, 0.4) is 0 Å². The van der Waals surface area contributed by atoms with Gasteiger partial charge in [-0.1, -0.05) is 0 Å². The average Bonchev–Trinajstić information content (AvgIpc) is 2.87. The summed E-state index contributed by atoms with van der Waals surface area (Å²) in [7, 11) is 0. The van der Waals surface area contributed by atoms with Gasteiger partial charge in [0, 0.05) is 18.8 Å². The third kappa shape index (κ3) is 4.05. The highest BCUT2D eigenvalue weighted by Gasteiger charge is 2.48. The zero-order valence-electron chi connectivity index (χ0n) is 15.6. The average molecular weight is 367 g/mol. The van der Waals surface area contributed by atoms with Crippen molar-refractivity contribution < 1.29 is 13.2 Å². The molecule has 1 aromatic rings. The van der Waals surface area contributed by atoms with Crippen molar-refractivity contribution in [2.24, 2.45) is 10.1 Å². The molecule has 1 N–H and O–H groups in total. The highest BCUT2D eigenvalue weighted by atomic mass is 19.4. The molecule has 0 saturated heterocycles. The SMILES string of the molecule is CCN(CC)c1ccc(N=C2C(=N)N(C(C)(C)C)N=C2C(F)(F)F)cc1. The summed E-state index contributed by atoms with van der Waals surface area (Å²) in [6, 6.07) is 6.94. The third-order valence-corrected chi connectivity index (χ3v) is 3.98. The van der Waals surface area contributed by atoms with Gasteiger partial charge in [-0.3, -0.25) is 5.41 Å². The van der Waals surface area contributed by atoms with Gasteiger partial charge in [-0.15, -0.1) is 0 Å². The number of hydrazone groups is 1. The normalized spacial score (nSPS) is 17.1. The molecule has 0 radical (unpaired) electrons. The Labute approximate surface area is 151 Å². The van der Waals surface area contributed by atoms with Crippen molar-refractivity contribution in [2.75, 3.05) is 18.0 Å². The molecule has 5 nitrogen and oxygen atoms in total. The lowest BCUT2D eigenvalue weighted by molar-refractivity contribution is -0.0573. The van der Waals surface area contributed by atoms with Crippen LogP contribution in [0.15, 0.2) is 34.4 Å². The molecule has 0 aliphatic carbocycles. The Morgan fingerprint density at radius 2 is 1.62 bits per heavy atom. The lowest BCUT2D eigenvalue weighted by Gasteiger charge is -2.29. The smallest absolute Gasteiger partial charge is 0.372 e. The van der Waals surface area contributed by atoms with Crippen LogP contribution in [0.4, 0.5) is 24.5 Å². The van der Waals surface area contributed by atoms with E-state index in [0.29, 0.717) is 5.69 Å². The highest BCUT2D eigenvalue weighted by molar-refractivity contribution is 6.70. The number of nitrogens with one attached hydrogen (secondary N) is 1. The van der Waals surface area contributed by atoms with Crippen LogP contribution >= 0.6 is 0 Å². The maximum Gasteiger partial charge on any atom is 0.437 e. The van der Waals surface area contributed by atoms with Gasteiger partial charge in [-0.25, -0.2) is 10.0 Å². The van der Waals surface area contributed by atoms with Crippen molar-refractivity contribution in [2.45, 2.75) is 46.3 Å². The summed E-state index contributed by atoms with van der Waals surface area (Å²) in [6.45, 7) is 10.8. The monoisotopic (exact) mass is 367 g/mol. The molecule has 0 atom stereocenters. The van der Waals surface area contributed by atoms with Gasteiger partial charge in [0.2, 0.25) is 0 Å². The second kappa shape index (κ2) is 7.09. The minimum Gasteiger partial charge on any atom is -0.372 e. The predicted octanol–water partition coefficient (Wildman–Crippen LogP) is 4.61. The number of rotatable bonds is 4. The number of anilines is 1. The van der Waals surface area contributed by atoms with Crippen LogP contribution in [-0.4, -0.2) is 47.1 Å². The molecular weight excluding hydrogens is 343 g/mol. The Hall–Kier alpha value is -2.38. The fourth-order valence-electron chi connectivity index (χ4n) is 2.65. The summed E-state index contributed by atoms with van der Waals surface area (Å²) in [5, 5.41) is 12.8. The molecule has 0 spiro atoms. The van der Waals surface area contributed by atoms with Crippen LogP contribution in [0.5, 0.6) is 0 Å². The summed E-state index contributed by atoms with van der Waals surface area (Å²) in [5.74, 6) is -0.349. The van der Waals surface area contributed by atoms with E-state index in [1.807, 2.05) is 26.0 Å². The Bertz CT molecular complexity index is 723. The molecule has 0 unspecified atom stereocenters.